The van der Waals surface area contributed by atoms with Gasteiger partial charge in [0.15, 0.2) is 11.5 Å². The Hall–Kier alpha value is -3.28. The molecule has 0 aliphatic carbocycles. The van der Waals surface area contributed by atoms with Gasteiger partial charge in [0.2, 0.25) is 5.95 Å². The lowest BCUT2D eigenvalue weighted by Gasteiger charge is -2.07. The minimum atomic E-state index is 0.325. The molecule has 0 spiro atoms. The maximum atomic E-state index is 5.94. The van der Waals surface area contributed by atoms with Crippen LogP contribution in [0.5, 0.6) is 11.5 Å². The van der Waals surface area contributed by atoms with Crippen molar-refractivity contribution in [1.82, 2.24) is 9.66 Å². The number of benzene rings is 2. The van der Waals surface area contributed by atoms with Gasteiger partial charge in [-0.05, 0) is 23.8 Å². The summed E-state index contributed by atoms with van der Waals surface area (Å²) in [4.78, 5) is 4.34. The van der Waals surface area contributed by atoms with E-state index >= 15 is 0 Å². The molecule has 0 bridgehead atoms. The van der Waals surface area contributed by atoms with Crippen molar-refractivity contribution in [2.45, 2.75) is 0 Å². The highest BCUT2D eigenvalue weighted by Crippen LogP contribution is 2.27. The molecule has 0 amide bonds. The summed E-state index contributed by atoms with van der Waals surface area (Å²) < 4.78 is 12.0. The average molecular weight is 322 g/mol. The summed E-state index contributed by atoms with van der Waals surface area (Å²) in [6.07, 6.45) is 3.48. The molecule has 3 aromatic rings. The molecule has 6 heteroatoms. The van der Waals surface area contributed by atoms with E-state index in [0.29, 0.717) is 17.4 Å². The number of nitrogen functional groups attached to an aromatic ring is 1. The molecular formula is C18H18N4O2. The predicted octanol–water partition coefficient (Wildman–Crippen LogP) is 3.03. The molecule has 24 heavy (non-hydrogen) atoms. The molecule has 1 aromatic heterocycles. The van der Waals surface area contributed by atoms with E-state index in [2.05, 4.69) is 10.1 Å². The molecule has 0 unspecified atom stereocenters. The molecule has 0 saturated heterocycles. The molecule has 2 N–H and O–H groups in total. The summed E-state index contributed by atoms with van der Waals surface area (Å²) >= 11 is 0. The zero-order chi connectivity index (χ0) is 16.9. The molecule has 6 nitrogen and oxygen atoms in total. The van der Waals surface area contributed by atoms with Crippen molar-refractivity contribution in [3.8, 4) is 22.8 Å². The monoisotopic (exact) mass is 322 g/mol. The van der Waals surface area contributed by atoms with Crippen LogP contribution in [0.4, 0.5) is 5.95 Å². The van der Waals surface area contributed by atoms with E-state index < -0.39 is 0 Å². The van der Waals surface area contributed by atoms with Gasteiger partial charge in [0.25, 0.3) is 0 Å². The Morgan fingerprint density at radius 2 is 1.79 bits per heavy atom. The number of nitrogens with zero attached hydrogens (tertiary/aromatic N) is 3. The first kappa shape index (κ1) is 15.6. The fourth-order valence-corrected chi connectivity index (χ4v) is 2.29. The molecule has 122 valence electrons. The van der Waals surface area contributed by atoms with Crippen molar-refractivity contribution in [2.24, 2.45) is 5.10 Å². The number of nitrogens with two attached hydrogens (primary N) is 1. The lowest BCUT2D eigenvalue weighted by Crippen LogP contribution is -1.97. The van der Waals surface area contributed by atoms with Crippen LogP contribution in [0, 0.1) is 0 Å². The third-order valence-electron chi connectivity index (χ3n) is 3.52. The summed E-state index contributed by atoms with van der Waals surface area (Å²) in [5.41, 5.74) is 8.57. The van der Waals surface area contributed by atoms with Crippen molar-refractivity contribution in [1.29, 1.82) is 0 Å². The van der Waals surface area contributed by atoms with Gasteiger partial charge in [-0.15, -0.1) is 0 Å². The summed E-state index contributed by atoms with van der Waals surface area (Å²) in [6.45, 7) is 0. The zero-order valence-electron chi connectivity index (χ0n) is 13.5. The third-order valence-corrected chi connectivity index (χ3v) is 3.52. The second kappa shape index (κ2) is 6.87. The lowest BCUT2D eigenvalue weighted by molar-refractivity contribution is 0.355. The van der Waals surface area contributed by atoms with E-state index in [4.69, 9.17) is 15.2 Å². The highest BCUT2D eigenvalue weighted by atomic mass is 16.5. The van der Waals surface area contributed by atoms with Crippen molar-refractivity contribution < 1.29 is 9.47 Å². The number of anilines is 1. The highest BCUT2D eigenvalue weighted by Gasteiger charge is 2.06. The van der Waals surface area contributed by atoms with Gasteiger partial charge in [-0.25, -0.2) is 9.66 Å². The maximum Gasteiger partial charge on any atom is 0.221 e. The maximum absolute atomic E-state index is 5.94. The van der Waals surface area contributed by atoms with Gasteiger partial charge in [-0.2, -0.15) is 5.10 Å². The van der Waals surface area contributed by atoms with Crippen molar-refractivity contribution in [3.63, 3.8) is 0 Å². The van der Waals surface area contributed by atoms with Crippen LogP contribution < -0.4 is 15.2 Å². The number of ether oxygens (including phenoxy) is 2. The van der Waals surface area contributed by atoms with E-state index in [1.807, 2.05) is 48.5 Å². The van der Waals surface area contributed by atoms with Gasteiger partial charge >= 0.3 is 0 Å². The number of methoxy groups -OCH3 is 2. The number of aromatic nitrogens is 2. The van der Waals surface area contributed by atoms with E-state index in [-0.39, 0.29) is 0 Å². The number of rotatable bonds is 5. The Morgan fingerprint density at radius 1 is 1.04 bits per heavy atom. The van der Waals surface area contributed by atoms with Crippen LogP contribution in [-0.4, -0.2) is 30.1 Å². The molecular weight excluding hydrogens is 304 g/mol. The van der Waals surface area contributed by atoms with Crippen LogP contribution in [0.25, 0.3) is 11.3 Å². The van der Waals surface area contributed by atoms with E-state index in [1.165, 1.54) is 0 Å². The number of hydrogen-bond donors (Lipinski definition) is 1. The summed E-state index contributed by atoms with van der Waals surface area (Å²) in [6, 6.07) is 15.4. The molecule has 0 aliphatic rings. The van der Waals surface area contributed by atoms with Crippen molar-refractivity contribution in [3.05, 3.63) is 60.3 Å². The smallest absolute Gasteiger partial charge is 0.221 e. The first-order chi connectivity index (χ1) is 11.7. The van der Waals surface area contributed by atoms with Crippen LogP contribution >= 0.6 is 0 Å². The minimum Gasteiger partial charge on any atom is -0.493 e. The second-order valence-electron chi connectivity index (χ2n) is 5.05. The average Bonchev–Trinajstić information content (AvgIpc) is 3.01. The predicted molar refractivity (Wildman–Crippen MR) is 94.6 cm³/mol. The molecule has 0 radical (unpaired) electrons. The lowest BCUT2D eigenvalue weighted by atomic mass is 10.2. The second-order valence-corrected chi connectivity index (χ2v) is 5.05. The van der Waals surface area contributed by atoms with Crippen molar-refractivity contribution in [2.75, 3.05) is 20.0 Å². The number of hydrogen-bond acceptors (Lipinski definition) is 5. The first-order valence-corrected chi connectivity index (χ1v) is 7.38. The minimum absolute atomic E-state index is 0.325. The van der Waals surface area contributed by atoms with Crippen molar-refractivity contribution >= 4 is 12.2 Å². The van der Waals surface area contributed by atoms with E-state index in [0.717, 1.165) is 16.8 Å². The van der Waals surface area contributed by atoms with Crippen LogP contribution in [0.2, 0.25) is 0 Å². The molecule has 2 aromatic carbocycles. The largest absolute Gasteiger partial charge is 0.493 e. The SMILES string of the molecule is COc1ccc(/C=N/n2cc(-c3ccccc3)nc2N)cc1OC. The van der Waals surface area contributed by atoms with Gasteiger partial charge in [0.1, 0.15) is 0 Å². The first-order valence-electron chi connectivity index (χ1n) is 7.38. The van der Waals surface area contributed by atoms with Crippen LogP contribution in [0.3, 0.4) is 0 Å². The fraction of sp³-hybridized carbons (Fsp3) is 0.111. The van der Waals surface area contributed by atoms with Crippen LogP contribution in [0.1, 0.15) is 5.56 Å². The summed E-state index contributed by atoms with van der Waals surface area (Å²) in [7, 11) is 3.20. The summed E-state index contributed by atoms with van der Waals surface area (Å²) in [5, 5.41) is 4.36. The Balaban J connectivity index is 1.86. The standard InChI is InChI=1S/C18H18N4O2/c1-23-16-9-8-13(10-17(16)24-2)11-20-22-12-15(21-18(22)19)14-6-4-3-5-7-14/h3-12H,1-2H3,(H2,19,21)/b20-11+. The molecule has 0 atom stereocenters. The van der Waals surface area contributed by atoms with E-state index in [1.54, 1.807) is 31.3 Å². The Morgan fingerprint density at radius 3 is 2.50 bits per heavy atom. The van der Waals surface area contributed by atoms with Gasteiger partial charge in [-0.3, -0.25) is 0 Å². The quantitative estimate of drug-likeness (QED) is 0.733. The van der Waals surface area contributed by atoms with Gasteiger partial charge < -0.3 is 15.2 Å². The molecule has 3 rings (SSSR count). The number of imidazole rings is 1. The fourth-order valence-electron chi connectivity index (χ4n) is 2.29. The van der Waals surface area contributed by atoms with Gasteiger partial charge in [-0.1, -0.05) is 30.3 Å². The summed E-state index contributed by atoms with van der Waals surface area (Å²) in [5.74, 6) is 1.64. The topological polar surface area (TPSA) is 74.7 Å². The Bertz CT molecular complexity index is 857. The molecule has 0 saturated carbocycles. The third kappa shape index (κ3) is 3.22. The van der Waals surface area contributed by atoms with Crippen LogP contribution in [-0.2, 0) is 0 Å². The molecule has 0 aliphatic heterocycles. The zero-order valence-corrected chi connectivity index (χ0v) is 13.5. The normalized spacial score (nSPS) is 10.9. The van der Waals surface area contributed by atoms with E-state index in [9.17, 15) is 0 Å². The van der Waals surface area contributed by atoms with Crippen LogP contribution in [0.15, 0.2) is 59.8 Å². The highest BCUT2D eigenvalue weighted by molar-refractivity contribution is 5.81. The molecule has 0 fully saturated rings. The van der Waals surface area contributed by atoms with Gasteiger partial charge in [0.05, 0.1) is 32.3 Å². The van der Waals surface area contributed by atoms with Gasteiger partial charge in [0, 0.05) is 5.56 Å². The Kier molecular flexibility index (Phi) is 4.47. The molecule has 1 heterocycles. The Labute approximate surface area is 140 Å².